The molecule has 0 aliphatic rings. The third-order valence-electron chi connectivity index (χ3n) is 2.11. The van der Waals surface area contributed by atoms with E-state index in [0.29, 0.717) is 0 Å². The van der Waals surface area contributed by atoms with E-state index in [-0.39, 0.29) is 24.3 Å². The number of aliphatic hydroxyl groups excluding tert-OH is 1. The van der Waals surface area contributed by atoms with Crippen molar-refractivity contribution in [2.75, 3.05) is 13.7 Å². The van der Waals surface area contributed by atoms with Gasteiger partial charge in [0.05, 0.1) is 7.11 Å². The van der Waals surface area contributed by atoms with Crippen molar-refractivity contribution in [3.63, 3.8) is 0 Å². The van der Waals surface area contributed by atoms with Crippen LogP contribution in [-0.4, -0.2) is 24.7 Å². The number of hydrogen-bond acceptors (Lipinski definition) is 3. The molecule has 0 fully saturated rings. The molecule has 0 saturated heterocycles. The minimum Gasteiger partial charge on any atom is -0.396 e. The van der Waals surface area contributed by atoms with E-state index in [1.165, 1.54) is 7.11 Å². The van der Waals surface area contributed by atoms with Gasteiger partial charge in [-0.3, -0.25) is 9.63 Å². The summed E-state index contributed by atoms with van der Waals surface area (Å²) in [6, 6.07) is 0. The van der Waals surface area contributed by atoms with Crippen molar-refractivity contribution < 1.29 is 14.7 Å². The van der Waals surface area contributed by atoms with Crippen molar-refractivity contribution in [3.05, 3.63) is 0 Å². The molecule has 1 amide bonds. The smallest absolute Gasteiger partial charge is 0.246 e. The van der Waals surface area contributed by atoms with Gasteiger partial charge in [0.25, 0.3) is 0 Å². The quantitative estimate of drug-likeness (QED) is 0.605. The van der Waals surface area contributed by atoms with E-state index in [1.807, 2.05) is 13.8 Å². The van der Waals surface area contributed by atoms with Crippen LogP contribution in [0.25, 0.3) is 0 Å². The first-order valence-electron chi connectivity index (χ1n) is 4.61. The summed E-state index contributed by atoms with van der Waals surface area (Å²) >= 11 is 0. The molecule has 0 heterocycles. The maximum atomic E-state index is 11.4. The Kier molecular flexibility index (Phi) is 6.54. The van der Waals surface area contributed by atoms with E-state index in [2.05, 4.69) is 10.3 Å². The number of hydrogen-bond donors (Lipinski definition) is 2. The predicted molar refractivity (Wildman–Crippen MR) is 49.8 cm³/mol. The minimum absolute atomic E-state index is 0.0184. The standard InChI is InChI=1S/C9H19NO3/c1-4-5-8(7(2)6-11)9(12)10-13-3/h7-8,11H,4-6H2,1-3H3,(H,10,12)/t7-,8?/m0/s1. The highest BCUT2D eigenvalue weighted by Gasteiger charge is 2.23. The van der Waals surface area contributed by atoms with Crippen LogP contribution in [0.5, 0.6) is 0 Å². The highest BCUT2D eigenvalue weighted by molar-refractivity contribution is 5.77. The lowest BCUT2D eigenvalue weighted by Gasteiger charge is -2.20. The normalized spacial score (nSPS) is 15.1. The topological polar surface area (TPSA) is 58.6 Å². The van der Waals surface area contributed by atoms with E-state index >= 15 is 0 Å². The highest BCUT2D eigenvalue weighted by atomic mass is 16.6. The summed E-state index contributed by atoms with van der Waals surface area (Å²) in [4.78, 5) is 15.9. The second-order valence-corrected chi connectivity index (χ2v) is 3.23. The fraction of sp³-hybridized carbons (Fsp3) is 0.889. The molecule has 0 aromatic carbocycles. The molecule has 0 spiro atoms. The van der Waals surface area contributed by atoms with Crippen molar-refractivity contribution in [1.82, 2.24) is 5.48 Å². The van der Waals surface area contributed by atoms with Crippen molar-refractivity contribution in [3.8, 4) is 0 Å². The Morgan fingerprint density at radius 1 is 1.62 bits per heavy atom. The summed E-state index contributed by atoms with van der Waals surface area (Å²) in [5, 5.41) is 8.93. The Hall–Kier alpha value is -0.610. The Balaban J connectivity index is 4.13. The first-order valence-corrected chi connectivity index (χ1v) is 4.61. The zero-order valence-electron chi connectivity index (χ0n) is 8.54. The maximum absolute atomic E-state index is 11.4. The van der Waals surface area contributed by atoms with Crippen LogP contribution in [0.2, 0.25) is 0 Å². The number of nitrogens with one attached hydrogen (secondary N) is 1. The Morgan fingerprint density at radius 3 is 2.62 bits per heavy atom. The van der Waals surface area contributed by atoms with Crippen molar-refractivity contribution in [2.45, 2.75) is 26.7 Å². The van der Waals surface area contributed by atoms with Gasteiger partial charge in [0.2, 0.25) is 5.91 Å². The van der Waals surface area contributed by atoms with Gasteiger partial charge in [-0.1, -0.05) is 20.3 Å². The van der Waals surface area contributed by atoms with E-state index in [0.717, 1.165) is 12.8 Å². The maximum Gasteiger partial charge on any atom is 0.246 e. The largest absolute Gasteiger partial charge is 0.396 e. The van der Waals surface area contributed by atoms with E-state index in [4.69, 9.17) is 5.11 Å². The lowest BCUT2D eigenvalue weighted by molar-refractivity contribution is -0.138. The first kappa shape index (κ1) is 12.4. The molecule has 2 atom stereocenters. The molecule has 13 heavy (non-hydrogen) atoms. The van der Waals surface area contributed by atoms with E-state index in [1.54, 1.807) is 0 Å². The molecular weight excluding hydrogens is 170 g/mol. The summed E-state index contributed by atoms with van der Waals surface area (Å²) < 4.78 is 0. The van der Waals surface area contributed by atoms with Gasteiger partial charge in [-0.15, -0.1) is 0 Å². The molecule has 0 aliphatic carbocycles. The molecule has 78 valence electrons. The van der Waals surface area contributed by atoms with Crippen LogP contribution in [0.4, 0.5) is 0 Å². The minimum atomic E-state index is -0.157. The van der Waals surface area contributed by atoms with Gasteiger partial charge in [0.1, 0.15) is 0 Å². The van der Waals surface area contributed by atoms with E-state index in [9.17, 15) is 4.79 Å². The van der Waals surface area contributed by atoms with Crippen molar-refractivity contribution in [1.29, 1.82) is 0 Å². The zero-order chi connectivity index (χ0) is 10.3. The van der Waals surface area contributed by atoms with Crippen LogP contribution in [0, 0.1) is 11.8 Å². The molecule has 4 heteroatoms. The average Bonchev–Trinajstić information content (AvgIpc) is 2.13. The summed E-state index contributed by atoms with van der Waals surface area (Å²) in [6.07, 6.45) is 1.70. The number of carbonyl (C=O) groups is 1. The van der Waals surface area contributed by atoms with Gasteiger partial charge < -0.3 is 5.11 Å². The Morgan fingerprint density at radius 2 is 2.23 bits per heavy atom. The first-order chi connectivity index (χ1) is 6.17. The third-order valence-corrected chi connectivity index (χ3v) is 2.11. The molecule has 0 saturated carbocycles. The van der Waals surface area contributed by atoms with E-state index < -0.39 is 0 Å². The molecule has 1 unspecified atom stereocenters. The molecule has 0 aliphatic heterocycles. The van der Waals surface area contributed by atoms with Crippen LogP contribution in [0.1, 0.15) is 26.7 Å². The molecule has 0 bridgehead atoms. The number of rotatable bonds is 6. The van der Waals surface area contributed by atoms with Crippen LogP contribution in [0.3, 0.4) is 0 Å². The summed E-state index contributed by atoms with van der Waals surface area (Å²) in [5.41, 5.74) is 2.30. The van der Waals surface area contributed by atoms with Crippen LogP contribution < -0.4 is 5.48 Å². The average molecular weight is 189 g/mol. The molecule has 4 nitrogen and oxygen atoms in total. The molecule has 0 rings (SSSR count). The Bertz CT molecular complexity index is 150. The second kappa shape index (κ2) is 6.86. The Labute approximate surface area is 79.2 Å². The molecule has 2 N–H and O–H groups in total. The second-order valence-electron chi connectivity index (χ2n) is 3.23. The number of carbonyl (C=O) groups excluding carboxylic acids is 1. The predicted octanol–water partition coefficient (Wildman–Crippen LogP) is 0.709. The van der Waals surface area contributed by atoms with Gasteiger partial charge in [-0.25, -0.2) is 5.48 Å². The zero-order valence-corrected chi connectivity index (χ0v) is 8.54. The van der Waals surface area contributed by atoms with Crippen molar-refractivity contribution in [2.24, 2.45) is 11.8 Å². The number of hydroxylamine groups is 1. The van der Waals surface area contributed by atoms with Crippen molar-refractivity contribution >= 4 is 5.91 Å². The van der Waals surface area contributed by atoms with Gasteiger partial charge in [0, 0.05) is 12.5 Å². The fourth-order valence-corrected chi connectivity index (χ4v) is 1.29. The number of aliphatic hydroxyl groups is 1. The van der Waals surface area contributed by atoms with Crippen LogP contribution in [-0.2, 0) is 9.63 Å². The van der Waals surface area contributed by atoms with Gasteiger partial charge in [0.15, 0.2) is 0 Å². The lowest BCUT2D eigenvalue weighted by Crippen LogP contribution is -2.34. The summed E-state index contributed by atoms with van der Waals surface area (Å²) in [6.45, 7) is 3.90. The number of amides is 1. The van der Waals surface area contributed by atoms with Gasteiger partial charge >= 0.3 is 0 Å². The molecule has 0 aromatic rings. The highest BCUT2D eigenvalue weighted by Crippen LogP contribution is 2.17. The molecule has 0 aromatic heterocycles. The van der Waals surface area contributed by atoms with Gasteiger partial charge in [-0.2, -0.15) is 0 Å². The lowest BCUT2D eigenvalue weighted by atomic mass is 9.90. The summed E-state index contributed by atoms with van der Waals surface area (Å²) in [7, 11) is 1.41. The summed E-state index contributed by atoms with van der Waals surface area (Å²) in [5.74, 6) is -0.323. The third kappa shape index (κ3) is 4.24. The molecular formula is C9H19NO3. The van der Waals surface area contributed by atoms with Crippen LogP contribution >= 0.6 is 0 Å². The fourth-order valence-electron chi connectivity index (χ4n) is 1.29. The SMILES string of the molecule is CCCC(C(=O)NOC)[C@@H](C)CO. The monoisotopic (exact) mass is 189 g/mol. The van der Waals surface area contributed by atoms with Gasteiger partial charge in [-0.05, 0) is 12.3 Å². The molecule has 0 radical (unpaired) electrons. The van der Waals surface area contributed by atoms with Crippen LogP contribution in [0.15, 0.2) is 0 Å².